The van der Waals surface area contributed by atoms with Gasteiger partial charge in [0, 0.05) is 32.8 Å². The van der Waals surface area contributed by atoms with Crippen LogP contribution in [-0.4, -0.2) is 12.1 Å². The molecule has 0 fully saturated rings. The van der Waals surface area contributed by atoms with Crippen molar-refractivity contribution in [2.24, 2.45) is 0 Å². The molecule has 4 amide bonds. The number of carbonyl (C=O) groups excluding carboxylic acids is 2. The number of anilines is 4. The Morgan fingerprint density at radius 2 is 1.03 bits per heavy atom. The molecule has 0 saturated heterocycles. The first-order valence-electron chi connectivity index (χ1n) is 8.98. The summed E-state index contributed by atoms with van der Waals surface area (Å²) in [6, 6.07) is 13.6. The molecule has 0 heterocycles. The molecule has 3 aromatic rings. The first kappa shape index (κ1) is 23.2. The molecule has 0 aliphatic rings. The summed E-state index contributed by atoms with van der Waals surface area (Å²) in [5.41, 5.74) is -0.728. The zero-order valence-corrected chi connectivity index (χ0v) is 17.6. The highest BCUT2D eigenvalue weighted by Gasteiger charge is 2.31. The number of hydrogen-bond donors (Lipinski definition) is 4. The van der Waals surface area contributed by atoms with Crippen molar-refractivity contribution >= 4 is 58.0 Å². The van der Waals surface area contributed by atoms with Crippen LogP contribution < -0.4 is 21.3 Å². The van der Waals surface area contributed by atoms with E-state index in [4.69, 9.17) is 23.2 Å². The van der Waals surface area contributed by atoms with Crippen LogP contribution in [0.5, 0.6) is 0 Å². The largest absolute Gasteiger partial charge is 0.416 e. The number of rotatable bonds is 4. The van der Waals surface area contributed by atoms with Gasteiger partial charge in [0.15, 0.2) is 0 Å². The molecule has 0 atom stereocenters. The molecule has 3 aromatic carbocycles. The highest BCUT2D eigenvalue weighted by molar-refractivity contribution is 6.31. The van der Waals surface area contributed by atoms with Gasteiger partial charge in [0.05, 0.1) is 5.56 Å². The Morgan fingerprint density at radius 3 is 1.41 bits per heavy atom. The van der Waals surface area contributed by atoms with Gasteiger partial charge < -0.3 is 21.3 Å². The second kappa shape index (κ2) is 9.80. The summed E-state index contributed by atoms with van der Waals surface area (Å²) in [5.74, 6) is 0. The molecule has 0 unspecified atom stereocenters. The third kappa shape index (κ3) is 6.79. The van der Waals surface area contributed by atoms with Gasteiger partial charge in [-0.1, -0.05) is 35.3 Å². The topological polar surface area (TPSA) is 82.3 Å². The minimum atomic E-state index is -4.71. The van der Waals surface area contributed by atoms with Crippen molar-refractivity contribution in [1.29, 1.82) is 0 Å². The zero-order chi connectivity index (χ0) is 23.3. The monoisotopic (exact) mass is 482 g/mol. The van der Waals surface area contributed by atoms with Gasteiger partial charge in [-0.2, -0.15) is 13.2 Å². The van der Waals surface area contributed by atoms with E-state index >= 15 is 0 Å². The Balaban J connectivity index is 1.77. The molecule has 6 nitrogen and oxygen atoms in total. The van der Waals surface area contributed by atoms with Crippen molar-refractivity contribution in [3.05, 3.63) is 82.3 Å². The standard InChI is InChI=1S/C21H15Cl2F3N4O2/c22-13-3-1-5-15(9-13)27-19(31)29-17-7-12(21(24,25)26)8-18(11-17)30-20(32)28-16-6-2-4-14(23)10-16/h1-11H,(H2,27,29,31)(H2,28,30,32). The Bertz CT molecular complexity index is 1080. The van der Waals surface area contributed by atoms with Crippen LogP contribution in [0.4, 0.5) is 45.5 Å². The van der Waals surface area contributed by atoms with Crippen LogP contribution in [0, 0.1) is 0 Å². The maximum atomic E-state index is 13.3. The Morgan fingerprint density at radius 1 is 0.625 bits per heavy atom. The third-order valence-corrected chi connectivity index (χ3v) is 4.41. The fourth-order valence-electron chi connectivity index (χ4n) is 2.65. The lowest BCUT2D eigenvalue weighted by atomic mass is 10.1. The number of hydrogen-bond acceptors (Lipinski definition) is 2. The number of halogens is 5. The van der Waals surface area contributed by atoms with Crippen LogP contribution in [0.3, 0.4) is 0 Å². The van der Waals surface area contributed by atoms with Gasteiger partial charge in [0.2, 0.25) is 0 Å². The predicted molar refractivity (Wildman–Crippen MR) is 120 cm³/mol. The zero-order valence-electron chi connectivity index (χ0n) is 16.1. The van der Waals surface area contributed by atoms with Crippen molar-refractivity contribution in [3.63, 3.8) is 0 Å². The normalized spacial score (nSPS) is 10.9. The van der Waals surface area contributed by atoms with Gasteiger partial charge in [0.1, 0.15) is 0 Å². The molecule has 0 aliphatic heterocycles. The van der Waals surface area contributed by atoms with Crippen molar-refractivity contribution in [2.75, 3.05) is 21.3 Å². The summed E-state index contributed by atoms with van der Waals surface area (Å²) < 4.78 is 40.0. The first-order valence-corrected chi connectivity index (χ1v) is 9.73. The van der Waals surface area contributed by atoms with Gasteiger partial charge >= 0.3 is 18.2 Å². The Kier molecular flexibility index (Phi) is 7.12. The molecule has 0 saturated carbocycles. The minimum Gasteiger partial charge on any atom is -0.308 e. The summed E-state index contributed by atoms with van der Waals surface area (Å²) in [6.45, 7) is 0. The molecule has 4 N–H and O–H groups in total. The maximum Gasteiger partial charge on any atom is 0.416 e. The summed E-state index contributed by atoms with van der Waals surface area (Å²) in [6.07, 6.45) is -4.71. The predicted octanol–water partition coefficient (Wildman–Crippen LogP) is 7.30. The summed E-state index contributed by atoms with van der Waals surface area (Å²) >= 11 is 11.7. The van der Waals surface area contributed by atoms with E-state index in [0.29, 0.717) is 21.4 Å². The van der Waals surface area contributed by atoms with E-state index in [9.17, 15) is 22.8 Å². The first-order chi connectivity index (χ1) is 15.1. The van der Waals surface area contributed by atoms with E-state index in [1.165, 1.54) is 18.2 Å². The lowest BCUT2D eigenvalue weighted by Gasteiger charge is -2.15. The fraction of sp³-hybridized carbons (Fsp3) is 0.0476. The number of nitrogens with one attached hydrogen (secondary N) is 4. The van der Waals surface area contributed by atoms with Gasteiger partial charge in [-0.05, 0) is 54.6 Å². The quantitative estimate of drug-likeness (QED) is 0.314. The van der Waals surface area contributed by atoms with Gasteiger partial charge in [0.25, 0.3) is 0 Å². The number of carbonyl (C=O) groups is 2. The number of benzene rings is 3. The van der Waals surface area contributed by atoms with E-state index in [0.717, 1.165) is 12.1 Å². The molecular formula is C21H15Cl2F3N4O2. The van der Waals surface area contributed by atoms with Gasteiger partial charge in [-0.15, -0.1) is 0 Å². The van der Waals surface area contributed by atoms with Crippen LogP contribution >= 0.6 is 23.2 Å². The van der Waals surface area contributed by atoms with Gasteiger partial charge in [-0.25, -0.2) is 9.59 Å². The highest BCUT2D eigenvalue weighted by atomic mass is 35.5. The average Bonchev–Trinajstić information content (AvgIpc) is 2.67. The molecule has 32 heavy (non-hydrogen) atoms. The summed E-state index contributed by atoms with van der Waals surface area (Å²) in [5, 5.41) is 10.3. The Hall–Kier alpha value is -3.43. The van der Waals surface area contributed by atoms with Crippen molar-refractivity contribution in [3.8, 4) is 0 Å². The molecule has 0 aliphatic carbocycles. The SMILES string of the molecule is O=C(Nc1cccc(Cl)c1)Nc1cc(NC(=O)Nc2cccc(Cl)c2)cc(C(F)(F)F)c1. The van der Waals surface area contributed by atoms with Crippen LogP contribution in [0.15, 0.2) is 66.7 Å². The van der Waals surface area contributed by atoms with E-state index in [1.807, 2.05) is 0 Å². The molecule has 11 heteroatoms. The van der Waals surface area contributed by atoms with E-state index in [-0.39, 0.29) is 11.4 Å². The minimum absolute atomic E-state index is 0.183. The number of alkyl halides is 3. The van der Waals surface area contributed by atoms with E-state index < -0.39 is 23.8 Å². The molecule has 0 bridgehead atoms. The van der Waals surface area contributed by atoms with E-state index in [2.05, 4.69) is 21.3 Å². The lowest BCUT2D eigenvalue weighted by molar-refractivity contribution is -0.137. The van der Waals surface area contributed by atoms with Crippen molar-refractivity contribution < 1.29 is 22.8 Å². The van der Waals surface area contributed by atoms with Crippen molar-refractivity contribution in [2.45, 2.75) is 6.18 Å². The fourth-order valence-corrected chi connectivity index (χ4v) is 3.04. The smallest absolute Gasteiger partial charge is 0.308 e. The van der Waals surface area contributed by atoms with Crippen LogP contribution in [0.25, 0.3) is 0 Å². The van der Waals surface area contributed by atoms with Crippen LogP contribution in [0.1, 0.15) is 5.56 Å². The molecule has 3 rings (SSSR count). The van der Waals surface area contributed by atoms with Crippen LogP contribution in [-0.2, 0) is 6.18 Å². The summed E-state index contributed by atoms with van der Waals surface area (Å²) in [4.78, 5) is 24.4. The molecule has 0 radical (unpaired) electrons. The molecule has 0 aromatic heterocycles. The van der Waals surface area contributed by atoms with Crippen LogP contribution in [0.2, 0.25) is 10.0 Å². The average molecular weight is 483 g/mol. The van der Waals surface area contributed by atoms with Crippen molar-refractivity contribution in [1.82, 2.24) is 0 Å². The Labute approximate surface area is 190 Å². The molecule has 166 valence electrons. The molecule has 0 spiro atoms. The second-order valence-electron chi connectivity index (χ2n) is 6.48. The lowest BCUT2D eigenvalue weighted by Crippen LogP contribution is -2.22. The number of urea groups is 2. The third-order valence-electron chi connectivity index (χ3n) is 3.94. The maximum absolute atomic E-state index is 13.3. The van der Waals surface area contributed by atoms with Gasteiger partial charge in [-0.3, -0.25) is 0 Å². The number of amides is 4. The summed E-state index contributed by atoms with van der Waals surface area (Å²) in [7, 11) is 0. The second-order valence-corrected chi connectivity index (χ2v) is 7.35. The highest BCUT2D eigenvalue weighted by Crippen LogP contribution is 2.33. The molecular weight excluding hydrogens is 468 g/mol. The van der Waals surface area contributed by atoms with E-state index in [1.54, 1.807) is 36.4 Å².